The van der Waals surface area contributed by atoms with Crippen molar-refractivity contribution in [3.8, 4) is 17.2 Å². The van der Waals surface area contributed by atoms with Crippen LogP contribution in [0.4, 0.5) is 15.8 Å². The number of hydrogen-bond donors (Lipinski definition) is 1. The zero-order valence-electron chi connectivity index (χ0n) is 22.2. The average molecular weight is 629 g/mol. The van der Waals surface area contributed by atoms with E-state index in [0.717, 1.165) is 24.1 Å². The zero-order valence-corrected chi connectivity index (χ0v) is 24.6. The van der Waals surface area contributed by atoms with E-state index in [0.29, 0.717) is 35.6 Å². The van der Waals surface area contributed by atoms with Gasteiger partial charge in [0.15, 0.2) is 5.75 Å². The molecule has 8 nitrogen and oxygen atoms in total. The lowest BCUT2D eigenvalue weighted by atomic mass is 9.65. The van der Waals surface area contributed by atoms with Crippen LogP contribution in [0.25, 0.3) is 0 Å². The van der Waals surface area contributed by atoms with Gasteiger partial charge in [-0.3, -0.25) is 9.52 Å². The molecule has 42 heavy (non-hydrogen) atoms. The summed E-state index contributed by atoms with van der Waals surface area (Å²) in [5, 5.41) is 0.263. The molecular weight excluding hydrogens is 604 g/mol. The fraction of sp³-hybridized carbons (Fsp3) is 0.200. The van der Waals surface area contributed by atoms with Crippen LogP contribution in [0, 0.1) is 5.82 Å². The molecular formula is C30H24Cl2FN3O5S. The Morgan fingerprint density at radius 2 is 1.79 bits per heavy atom. The molecule has 3 aromatic carbocycles. The fourth-order valence-electron chi connectivity index (χ4n) is 5.42. The number of hydrogen-bond acceptors (Lipinski definition) is 6. The number of rotatable bonds is 8. The molecule has 1 saturated carbocycles. The molecule has 1 N–H and O–H groups in total. The maximum absolute atomic E-state index is 14.6. The van der Waals surface area contributed by atoms with Gasteiger partial charge in [0.1, 0.15) is 27.4 Å². The first-order valence-corrected chi connectivity index (χ1v) is 15.2. The predicted octanol–water partition coefficient (Wildman–Crippen LogP) is 7.10. The molecule has 0 saturated heterocycles. The molecule has 1 aromatic heterocycles. The summed E-state index contributed by atoms with van der Waals surface area (Å²) in [5.74, 6) is 0.174. The number of anilines is 2. The van der Waals surface area contributed by atoms with Gasteiger partial charge in [0.05, 0.1) is 30.4 Å². The third-order valence-electron chi connectivity index (χ3n) is 7.58. The standard InChI is InChI=1S/C30H24Cl2FN3O5S/c1-40-21-6-3-18(4-7-21)17-36-28-23(30(29(36)37)10-2-11-30)14-20(15-25(28)41-22-9-12-34-27(32)16-22)35-42(38,39)26-8-5-19(31)13-24(26)33/h3-9,12-16,35H,2,10-11,17H2,1H3. The van der Waals surface area contributed by atoms with Crippen molar-refractivity contribution >= 4 is 50.5 Å². The molecule has 1 amide bonds. The highest BCUT2D eigenvalue weighted by molar-refractivity contribution is 7.92. The van der Waals surface area contributed by atoms with Gasteiger partial charge in [-0.2, -0.15) is 0 Å². The van der Waals surface area contributed by atoms with Crippen molar-refractivity contribution in [3.05, 3.63) is 100 Å². The number of carbonyl (C=O) groups excluding carboxylic acids is 1. The molecule has 0 atom stereocenters. The number of nitrogens with one attached hydrogen (secondary N) is 1. The van der Waals surface area contributed by atoms with Gasteiger partial charge >= 0.3 is 0 Å². The number of amides is 1. The number of methoxy groups -OCH3 is 1. The first kappa shape index (κ1) is 28.3. The second-order valence-corrected chi connectivity index (χ2v) is 12.6. The Labute approximate surface area is 252 Å². The van der Waals surface area contributed by atoms with Gasteiger partial charge in [-0.05, 0) is 66.4 Å². The third-order valence-corrected chi connectivity index (χ3v) is 9.44. The van der Waals surface area contributed by atoms with Crippen LogP contribution in [0.15, 0.2) is 77.8 Å². The van der Waals surface area contributed by atoms with Crippen molar-refractivity contribution in [2.45, 2.75) is 36.1 Å². The van der Waals surface area contributed by atoms with E-state index in [1.54, 1.807) is 24.1 Å². The third kappa shape index (κ3) is 5.04. The molecule has 1 spiro atoms. The molecule has 0 bridgehead atoms. The van der Waals surface area contributed by atoms with E-state index in [1.165, 1.54) is 24.4 Å². The van der Waals surface area contributed by atoms with E-state index in [1.807, 2.05) is 24.3 Å². The summed E-state index contributed by atoms with van der Waals surface area (Å²) >= 11 is 11.9. The molecule has 6 rings (SSSR count). The second-order valence-electron chi connectivity index (χ2n) is 10.1. The number of halogens is 3. The van der Waals surface area contributed by atoms with Crippen LogP contribution in [0.1, 0.15) is 30.4 Å². The van der Waals surface area contributed by atoms with E-state index in [2.05, 4.69) is 9.71 Å². The van der Waals surface area contributed by atoms with Crippen LogP contribution in [-0.2, 0) is 26.8 Å². The van der Waals surface area contributed by atoms with E-state index >= 15 is 0 Å². The Morgan fingerprint density at radius 1 is 1.02 bits per heavy atom. The SMILES string of the molecule is COc1ccc(CN2C(=O)C3(CCC3)c3cc(NS(=O)(=O)c4ccc(Cl)cc4F)cc(Oc4ccnc(Cl)c4)c32)cc1. The predicted molar refractivity (Wildman–Crippen MR) is 158 cm³/mol. The molecule has 1 fully saturated rings. The van der Waals surface area contributed by atoms with Gasteiger partial charge in [-0.1, -0.05) is 41.8 Å². The number of fused-ring (bicyclic) bond motifs is 2. The number of carbonyl (C=O) groups is 1. The van der Waals surface area contributed by atoms with Gasteiger partial charge < -0.3 is 14.4 Å². The van der Waals surface area contributed by atoms with Gasteiger partial charge in [0, 0.05) is 23.4 Å². The maximum atomic E-state index is 14.6. The fourth-order valence-corrected chi connectivity index (χ4v) is 6.84. The monoisotopic (exact) mass is 627 g/mol. The van der Waals surface area contributed by atoms with Gasteiger partial charge in [-0.15, -0.1) is 0 Å². The summed E-state index contributed by atoms with van der Waals surface area (Å²) in [6.07, 6.45) is 3.51. The number of sulfonamides is 1. The quantitative estimate of drug-likeness (QED) is 0.209. The van der Waals surface area contributed by atoms with E-state index < -0.39 is 26.2 Å². The van der Waals surface area contributed by atoms with Crippen LogP contribution in [-0.4, -0.2) is 26.4 Å². The van der Waals surface area contributed by atoms with E-state index in [4.69, 9.17) is 32.7 Å². The van der Waals surface area contributed by atoms with Crippen LogP contribution >= 0.6 is 23.2 Å². The summed E-state index contributed by atoms with van der Waals surface area (Å²) in [6, 6.07) is 16.9. The van der Waals surface area contributed by atoms with Gasteiger partial charge in [-0.25, -0.2) is 17.8 Å². The summed E-state index contributed by atoms with van der Waals surface area (Å²) in [4.78, 5) is 19.2. The molecule has 1 aliphatic heterocycles. The smallest absolute Gasteiger partial charge is 0.264 e. The topological polar surface area (TPSA) is 97.8 Å². The number of nitrogens with zero attached hydrogens (tertiary/aromatic N) is 2. The van der Waals surface area contributed by atoms with Crippen LogP contribution in [0.2, 0.25) is 10.2 Å². The molecule has 0 unspecified atom stereocenters. The van der Waals surface area contributed by atoms with E-state index in [-0.39, 0.29) is 34.1 Å². The highest BCUT2D eigenvalue weighted by Crippen LogP contribution is 2.58. The summed E-state index contributed by atoms with van der Waals surface area (Å²) in [6.45, 7) is 0.256. The summed E-state index contributed by atoms with van der Waals surface area (Å²) in [7, 11) is -2.78. The van der Waals surface area contributed by atoms with Crippen LogP contribution in [0.5, 0.6) is 17.2 Å². The Kier molecular flexibility index (Phi) is 7.24. The Morgan fingerprint density at radius 3 is 2.43 bits per heavy atom. The Hall–Kier alpha value is -3.86. The molecule has 2 aliphatic rings. The normalized spacial score (nSPS) is 15.3. The van der Waals surface area contributed by atoms with Crippen LogP contribution in [0.3, 0.4) is 0 Å². The number of aromatic nitrogens is 1. The lowest BCUT2D eigenvalue weighted by Crippen LogP contribution is -2.44. The highest BCUT2D eigenvalue weighted by Gasteiger charge is 2.55. The first-order chi connectivity index (χ1) is 20.1. The molecule has 216 valence electrons. The second kappa shape index (κ2) is 10.8. The molecule has 1 aliphatic carbocycles. The van der Waals surface area contributed by atoms with Crippen molar-refractivity contribution in [1.29, 1.82) is 0 Å². The van der Waals surface area contributed by atoms with Crippen molar-refractivity contribution in [2.75, 3.05) is 16.7 Å². The lowest BCUT2D eigenvalue weighted by molar-refractivity contribution is -0.126. The van der Waals surface area contributed by atoms with Gasteiger partial charge in [0.25, 0.3) is 10.0 Å². The minimum atomic E-state index is -4.36. The van der Waals surface area contributed by atoms with E-state index in [9.17, 15) is 17.6 Å². The maximum Gasteiger partial charge on any atom is 0.264 e. The van der Waals surface area contributed by atoms with Crippen molar-refractivity contribution in [2.24, 2.45) is 0 Å². The largest absolute Gasteiger partial charge is 0.497 e. The van der Waals surface area contributed by atoms with Crippen LogP contribution < -0.4 is 19.1 Å². The number of ether oxygens (including phenoxy) is 2. The molecule has 0 radical (unpaired) electrons. The highest BCUT2D eigenvalue weighted by atomic mass is 35.5. The van der Waals surface area contributed by atoms with Crippen molar-refractivity contribution in [3.63, 3.8) is 0 Å². The molecule has 4 aromatic rings. The Bertz CT molecular complexity index is 1810. The Balaban J connectivity index is 1.47. The van der Waals surface area contributed by atoms with Gasteiger partial charge in [0.2, 0.25) is 5.91 Å². The first-order valence-electron chi connectivity index (χ1n) is 13.0. The lowest BCUT2D eigenvalue weighted by Gasteiger charge is -2.37. The molecule has 12 heteroatoms. The molecule has 2 heterocycles. The number of benzene rings is 3. The average Bonchev–Trinajstić information content (AvgIpc) is 3.16. The van der Waals surface area contributed by atoms with Crippen molar-refractivity contribution < 1.29 is 27.1 Å². The minimum Gasteiger partial charge on any atom is -0.497 e. The van der Waals surface area contributed by atoms with Crippen molar-refractivity contribution in [1.82, 2.24) is 4.98 Å². The summed E-state index contributed by atoms with van der Waals surface area (Å²) in [5.41, 5.74) is 1.32. The zero-order chi connectivity index (χ0) is 29.6. The minimum absolute atomic E-state index is 0.0677. The number of pyridine rings is 1. The summed E-state index contributed by atoms with van der Waals surface area (Å²) < 4.78 is 55.1.